The number of carbonyl (C=O) groups excluding carboxylic acids is 2. The van der Waals surface area contributed by atoms with Gasteiger partial charge in [0.05, 0.1) is 0 Å². The van der Waals surface area contributed by atoms with E-state index in [-0.39, 0.29) is 17.9 Å². The fourth-order valence-electron chi connectivity index (χ4n) is 3.19. The molecule has 0 radical (unpaired) electrons. The molecular weight excluding hydrogens is 352 g/mol. The minimum atomic E-state index is -0.319. The van der Waals surface area contributed by atoms with Crippen LogP contribution < -0.4 is 10.6 Å². The van der Waals surface area contributed by atoms with Gasteiger partial charge in [0.1, 0.15) is 17.4 Å². The molecule has 0 spiro atoms. The van der Waals surface area contributed by atoms with Gasteiger partial charge in [0, 0.05) is 25.3 Å². The van der Waals surface area contributed by atoms with Crippen LogP contribution in [0.2, 0.25) is 0 Å². The van der Waals surface area contributed by atoms with Crippen molar-refractivity contribution in [2.24, 2.45) is 0 Å². The number of nitrogens with one attached hydrogen (secondary N) is 2. The van der Waals surface area contributed by atoms with Crippen LogP contribution in [0.1, 0.15) is 50.0 Å². The number of rotatable bonds is 9. The molecule has 2 aromatic carbocycles. The second-order valence-electron chi connectivity index (χ2n) is 6.89. The van der Waals surface area contributed by atoms with Gasteiger partial charge in [0.25, 0.3) is 0 Å². The van der Waals surface area contributed by atoms with Crippen LogP contribution >= 0.6 is 0 Å². The topological polar surface area (TPSA) is 71.3 Å². The Kier molecular flexibility index (Phi) is 6.84. The molecule has 0 aliphatic carbocycles. The highest BCUT2D eigenvalue weighted by Crippen LogP contribution is 2.28. The molecule has 0 aliphatic heterocycles. The number of hydrogen-bond donors (Lipinski definition) is 2. The number of amides is 2. The summed E-state index contributed by atoms with van der Waals surface area (Å²) in [7, 11) is 0. The van der Waals surface area contributed by atoms with Gasteiger partial charge in [-0.25, -0.2) is 0 Å². The fraction of sp³-hybridized carbons (Fsp3) is 0.304. The Bertz CT molecular complexity index is 885. The summed E-state index contributed by atoms with van der Waals surface area (Å²) >= 11 is 0. The van der Waals surface area contributed by atoms with Crippen molar-refractivity contribution in [3.05, 3.63) is 72.0 Å². The van der Waals surface area contributed by atoms with E-state index in [0.29, 0.717) is 13.0 Å². The summed E-state index contributed by atoms with van der Waals surface area (Å²) in [6, 6.07) is 19.4. The molecule has 3 aromatic rings. The van der Waals surface area contributed by atoms with Crippen molar-refractivity contribution in [2.75, 3.05) is 6.54 Å². The van der Waals surface area contributed by atoms with Crippen LogP contribution in [-0.4, -0.2) is 18.4 Å². The van der Waals surface area contributed by atoms with E-state index >= 15 is 0 Å². The molecule has 0 fully saturated rings. The number of fused-ring (bicyclic) bond motifs is 1. The van der Waals surface area contributed by atoms with Crippen LogP contribution in [0, 0.1) is 0 Å². The smallest absolute Gasteiger partial charge is 0.220 e. The molecule has 1 heterocycles. The molecule has 3 rings (SSSR count). The van der Waals surface area contributed by atoms with Gasteiger partial charge >= 0.3 is 0 Å². The average Bonchev–Trinajstić information content (AvgIpc) is 3.13. The zero-order valence-corrected chi connectivity index (χ0v) is 16.1. The molecule has 0 bridgehead atoms. The third-order valence-electron chi connectivity index (χ3n) is 4.62. The lowest BCUT2D eigenvalue weighted by Gasteiger charge is -2.17. The molecule has 1 unspecified atom stereocenters. The summed E-state index contributed by atoms with van der Waals surface area (Å²) in [5.41, 5.74) is 1.80. The maximum Gasteiger partial charge on any atom is 0.220 e. The number of benzene rings is 2. The first-order valence-electron chi connectivity index (χ1n) is 9.71. The van der Waals surface area contributed by atoms with Gasteiger partial charge in [0.15, 0.2) is 0 Å². The monoisotopic (exact) mass is 378 g/mol. The molecule has 1 aromatic heterocycles. The van der Waals surface area contributed by atoms with Gasteiger partial charge in [-0.15, -0.1) is 0 Å². The van der Waals surface area contributed by atoms with E-state index in [1.807, 2.05) is 60.7 Å². The van der Waals surface area contributed by atoms with Gasteiger partial charge in [-0.05, 0) is 30.5 Å². The zero-order chi connectivity index (χ0) is 19.8. The van der Waals surface area contributed by atoms with Gasteiger partial charge in [0.2, 0.25) is 11.8 Å². The molecule has 146 valence electrons. The maximum absolute atomic E-state index is 12.5. The molecule has 2 N–H and O–H groups in total. The van der Waals surface area contributed by atoms with Crippen molar-refractivity contribution in [1.82, 2.24) is 10.6 Å². The minimum Gasteiger partial charge on any atom is -0.459 e. The van der Waals surface area contributed by atoms with E-state index in [1.165, 1.54) is 6.92 Å². The van der Waals surface area contributed by atoms with Crippen LogP contribution in [0.5, 0.6) is 0 Å². The summed E-state index contributed by atoms with van der Waals surface area (Å²) in [5.74, 6) is 0.703. The highest BCUT2D eigenvalue weighted by Gasteiger charge is 2.20. The lowest BCUT2D eigenvalue weighted by molar-refractivity contribution is -0.122. The van der Waals surface area contributed by atoms with E-state index in [9.17, 15) is 9.59 Å². The number of carbonyl (C=O) groups is 2. The number of unbranched alkanes of at least 4 members (excludes halogenated alkanes) is 2. The van der Waals surface area contributed by atoms with E-state index < -0.39 is 0 Å². The van der Waals surface area contributed by atoms with Crippen molar-refractivity contribution in [2.45, 2.75) is 38.6 Å². The summed E-state index contributed by atoms with van der Waals surface area (Å²) in [6.45, 7) is 2.16. The van der Waals surface area contributed by atoms with E-state index in [0.717, 1.165) is 41.6 Å². The SMILES string of the molecule is CC(=O)NCCCCCC(=O)NC(c1ccccc1)c1cc2ccccc2o1. The second kappa shape index (κ2) is 9.74. The highest BCUT2D eigenvalue weighted by atomic mass is 16.3. The van der Waals surface area contributed by atoms with Crippen molar-refractivity contribution < 1.29 is 14.0 Å². The molecule has 1 atom stereocenters. The van der Waals surface area contributed by atoms with Gasteiger partial charge in [-0.1, -0.05) is 55.0 Å². The molecule has 0 saturated carbocycles. The first-order chi connectivity index (χ1) is 13.6. The summed E-state index contributed by atoms with van der Waals surface area (Å²) < 4.78 is 6.01. The van der Waals surface area contributed by atoms with E-state index in [4.69, 9.17) is 4.42 Å². The van der Waals surface area contributed by atoms with Crippen LogP contribution in [0.4, 0.5) is 0 Å². The normalized spacial score (nSPS) is 11.9. The first kappa shape index (κ1) is 19.7. The van der Waals surface area contributed by atoms with Crippen LogP contribution in [0.25, 0.3) is 11.0 Å². The standard InChI is InChI=1S/C23H26N2O3/c1-17(26)24-15-9-3-6-14-22(27)25-23(18-10-4-2-5-11-18)21-16-19-12-7-8-13-20(19)28-21/h2,4-5,7-8,10-13,16,23H,3,6,9,14-15H2,1H3,(H,24,26)(H,25,27). The van der Waals surface area contributed by atoms with Crippen LogP contribution in [0.15, 0.2) is 65.1 Å². The second-order valence-corrected chi connectivity index (χ2v) is 6.89. The van der Waals surface area contributed by atoms with Gasteiger partial charge in [-0.2, -0.15) is 0 Å². The number of para-hydroxylation sites is 1. The van der Waals surface area contributed by atoms with Crippen molar-refractivity contribution in [3.63, 3.8) is 0 Å². The van der Waals surface area contributed by atoms with Crippen LogP contribution in [0.3, 0.4) is 0 Å². The van der Waals surface area contributed by atoms with Gasteiger partial charge in [-0.3, -0.25) is 9.59 Å². The molecule has 5 nitrogen and oxygen atoms in total. The van der Waals surface area contributed by atoms with Gasteiger partial charge < -0.3 is 15.1 Å². The Morgan fingerprint density at radius 2 is 1.71 bits per heavy atom. The Morgan fingerprint density at radius 1 is 0.964 bits per heavy atom. The van der Waals surface area contributed by atoms with Crippen molar-refractivity contribution in [3.8, 4) is 0 Å². The lowest BCUT2D eigenvalue weighted by atomic mass is 10.0. The predicted octanol–water partition coefficient (Wildman–Crippen LogP) is 4.33. The predicted molar refractivity (Wildman–Crippen MR) is 110 cm³/mol. The molecule has 0 saturated heterocycles. The van der Waals surface area contributed by atoms with E-state index in [2.05, 4.69) is 10.6 Å². The number of furan rings is 1. The Labute approximate surface area is 165 Å². The average molecular weight is 378 g/mol. The zero-order valence-electron chi connectivity index (χ0n) is 16.1. The fourth-order valence-corrected chi connectivity index (χ4v) is 3.19. The maximum atomic E-state index is 12.5. The third kappa shape index (κ3) is 5.46. The Hall–Kier alpha value is -3.08. The lowest BCUT2D eigenvalue weighted by Crippen LogP contribution is -2.28. The van der Waals surface area contributed by atoms with Crippen molar-refractivity contribution in [1.29, 1.82) is 0 Å². The molecule has 28 heavy (non-hydrogen) atoms. The highest BCUT2D eigenvalue weighted by molar-refractivity contribution is 5.79. The third-order valence-corrected chi connectivity index (χ3v) is 4.62. The molecule has 5 heteroatoms. The molecule has 0 aliphatic rings. The molecule has 2 amide bonds. The Balaban J connectivity index is 1.63. The number of hydrogen-bond acceptors (Lipinski definition) is 3. The van der Waals surface area contributed by atoms with E-state index in [1.54, 1.807) is 0 Å². The summed E-state index contributed by atoms with van der Waals surface area (Å²) in [6.07, 6.45) is 3.00. The summed E-state index contributed by atoms with van der Waals surface area (Å²) in [5, 5.41) is 6.91. The first-order valence-corrected chi connectivity index (χ1v) is 9.71. The quantitative estimate of drug-likeness (QED) is 0.544. The minimum absolute atomic E-state index is 0.00571. The van der Waals surface area contributed by atoms with Crippen LogP contribution in [-0.2, 0) is 9.59 Å². The Morgan fingerprint density at radius 3 is 2.46 bits per heavy atom. The molecular formula is C23H26N2O3. The van der Waals surface area contributed by atoms with Crippen molar-refractivity contribution >= 4 is 22.8 Å². The summed E-state index contributed by atoms with van der Waals surface area (Å²) in [4.78, 5) is 23.4. The largest absolute Gasteiger partial charge is 0.459 e.